The highest BCUT2D eigenvalue weighted by atomic mass is 16.8. The zero-order valence-corrected chi connectivity index (χ0v) is 7.56. The average molecular weight is 216 g/mol. The number of ether oxygens (including phenoxy) is 2. The van der Waals surface area contributed by atoms with Gasteiger partial charge in [0.2, 0.25) is 5.76 Å². The normalized spacial score (nSPS) is 24.5. The van der Waals surface area contributed by atoms with Crippen LogP contribution in [0.4, 0.5) is 0 Å². The van der Waals surface area contributed by atoms with E-state index in [1.54, 1.807) is 0 Å². The minimum absolute atomic E-state index is 0.442. The van der Waals surface area contributed by atoms with Gasteiger partial charge in [0.25, 0.3) is 0 Å². The number of esters is 1. The van der Waals surface area contributed by atoms with Gasteiger partial charge in [0.15, 0.2) is 0 Å². The fourth-order valence-corrected chi connectivity index (χ4v) is 1.04. The molecule has 1 fully saturated rings. The second kappa shape index (κ2) is 3.60. The molecule has 1 aliphatic heterocycles. The van der Waals surface area contributed by atoms with Gasteiger partial charge in [-0.3, -0.25) is 4.79 Å². The largest absolute Gasteiger partial charge is 0.481 e. The third kappa shape index (κ3) is 2.06. The molecule has 0 radical (unpaired) electrons. The molecule has 1 unspecified atom stereocenters. The first kappa shape index (κ1) is 11.0. The number of carbonyl (C=O) groups is 3. The predicted octanol–water partition coefficient (Wildman–Crippen LogP) is -0.281. The summed E-state index contributed by atoms with van der Waals surface area (Å²) in [5.41, 5.74) is 0. The molecule has 0 aromatic heterocycles. The summed E-state index contributed by atoms with van der Waals surface area (Å²) in [5.74, 6) is -6.46. The van der Waals surface area contributed by atoms with Gasteiger partial charge >= 0.3 is 23.7 Å². The highest BCUT2D eigenvalue weighted by molar-refractivity contribution is 5.92. The van der Waals surface area contributed by atoms with Crippen molar-refractivity contribution in [1.82, 2.24) is 0 Å². The molecule has 0 aromatic carbocycles. The summed E-state index contributed by atoms with van der Waals surface area (Å²) in [5, 5.41) is 17.2. The van der Waals surface area contributed by atoms with Crippen molar-refractivity contribution in [3.05, 3.63) is 12.3 Å². The van der Waals surface area contributed by atoms with E-state index in [1.165, 1.54) is 0 Å². The van der Waals surface area contributed by atoms with Crippen LogP contribution in [0.3, 0.4) is 0 Å². The van der Waals surface area contributed by atoms with E-state index in [-0.39, 0.29) is 0 Å². The Morgan fingerprint density at radius 1 is 1.33 bits per heavy atom. The van der Waals surface area contributed by atoms with E-state index in [9.17, 15) is 14.4 Å². The van der Waals surface area contributed by atoms with Gasteiger partial charge in [-0.15, -0.1) is 0 Å². The van der Waals surface area contributed by atoms with E-state index >= 15 is 0 Å². The molecule has 1 aliphatic rings. The number of carboxylic acids is 2. The van der Waals surface area contributed by atoms with Gasteiger partial charge in [-0.05, 0) is 6.58 Å². The van der Waals surface area contributed by atoms with Crippen LogP contribution in [0.25, 0.3) is 0 Å². The minimum Gasteiger partial charge on any atom is -0.481 e. The fraction of sp³-hybridized carbons (Fsp3) is 0.375. The van der Waals surface area contributed by atoms with Crippen LogP contribution in [-0.4, -0.2) is 33.9 Å². The van der Waals surface area contributed by atoms with E-state index < -0.39 is 42.3 Å². The second-order valence-corrected chi connectivity index (χ2v) is 2.87. The smallest absolute Gasteiger partial charge is 0.390 e. The lowest BCUT2D eigenvalue weighted by Crippen LogP contribution is -2.40. The topological polar surface area (TPSA) is 110 Å². The van der Waals surface area contributed by atoms with Crippen molar-refractivity contribution in [3.8, 4) is 0 Å². The molecule has 82 valence electrons. The first-order chi connectivity index (χ1) is 6.87. The summed E-state index contributed by atoms with van der Waals surface area (Å²) in [6, 6.07) is 0. The van der Waals surface area contributed by atoms with Crippen molar-refractivity contribution in [2.24, 2.45) is 0 Å². The van der Waals surface area contributed by atoms with Crippen LogP contribution in [0.15, 0.2) is 12.3 Å². The van der Waals surface area contributed by atoms with Crippen LogP contribution < -0.4 is 0 Å². The van der Waals surface area contributed by atoms with Crippen LogP contribution in [-0.2, 0) is 23.9 Å². The van der Waals surface area contributed by atoms with Gasteiger partial charge in [0.1, 0.15) is 0 Å². The molecular formula is C8H8O7. The molecule has 1 heterocycles. The summed E-state index contributed by atoms with van der Waals surface area (Å²) < 4.78 is 9.09. The van der Waals surface area contributed by atoms with Crippen molar-refractivity contribution in [3.63, 3.8) is 0 Å². The third-order valence-corrected chi connectivity index (χ3v) is 1.77. The molecule has 0 saturated carbocycles. The van der Waals surface area contributed by atoms with Gasteiger partial charge in [0.05, 0.1) is 6.42 Å². The number of hydrogen-bond donors (Lipinski definition) is 2. The SMILES string of the molecule is C=C1OC(CCC(=O)O)(C(=O)O)OC1=O. The van der Waals surface area contributed by atoms with Gasteiger partial charge in [-0.25, -0.2) is 9.59 Å². The highest BCUT2D eigenvalue weighted by Crippen LogP contribution is 2.31. The molecule has 1 rings (SSSR count). The lowest BCUT2D eigenvalue weighted by atomic mass is 10.1. The molecule has 1 saturated heterocycles. The molecule has 7 heteroatoms. The molecule has 0 aliphatic carbocycles. The lowest BCUT2D eigenvalue weighted by Gasteiger charge is -2.19. The summed E-state index contributed by atoms with van der Waals surface area (Å²) in [4.78, 5) is 31.9. The van der Waals surface area contributed by atoms with E-state index in [4.69, 9.17) is 10.2 Å². The molecule has 1 atom stereocenters. The van der Waals surface area contributed by atoms with Crippen LogP contribution >= 0.6 is 0 Å². The van der Waals surface area contributed by atoms with Gasteiger partial charge in [-0.2, -0.15) is 0 Å². The van der Waals surface area contributed by atoms with Gasteiger partial charge in [0, 0.05) is 6.42 Å². The Labute approximate surface area is 83.9 Å². The molecule has 0 spiro atoms. The number of carbonyl (C=O) groups excluding carboxylic acids is 1. The molecule has 0 aromatic rings. The molecule has 15 heavy (non-hydrogen) atoms. The zero-order chi connectivity index (χ0) is 11.6. The van der Waals surface area contributed by atoms with Crippen molar-refractivity contribution in [2.45, 2.75) is 18.6 Å². The maximum Gasteiger partial charge on any atom is 0.390 e. The number of cyclic esters (lactones) is 1. The van der Waals surface area contributed by atoms with Crippen LogP contribution in [0.1, 0.15) is 12.8 Å². The Hall–Kier alpha value is -2.05. The lowest BCUT2D eigenvalue weighted by molar-refractivity contribution is -0.203. The Balaban J connectivity index is 2.82. The number of carboxylic acid groups (broad SMARTS) is 2. The van der Waals surface area contributed by atoms with E-state index in [0.717, 1.165) is 0 Å². The van der Waals surface area contributed by atoms with E-state index in [2.05, 4.69) is 16.1 Å². The van der Waals surface area contributed by atoms with Crippen LogP contribution in [0.5, 0.6) is 0 Å². The second-order valence-electron chi connectivity index (χ2n) is 2.87. The fourth-order valence-electron chi connectivity index (χ4n) is 1.04. The van der Waals surface area contributed by atoms with Crippen molar-refractivity contribution in [2.75, 3.05) is 0 Å². The molecule has 0 amide bonds. The highest BCUT2D eigenvalue weighted by Gasteiger charge is 2.52. The Bertz CT molecular complexity index is 327. The van der Waals surface area contributed by atoms with E-state index in [0.29, 0.717) is 0 Å². The monoisotopic (exact) mass is 216 g/mol. The average Bonchev–Trinajstić information content (AvgIpc) is 2.41. The van der Waals surface area contributed by atoms with Crippen LogP contribution in [0.2, 0.25) is 0 Å². The predicted molar refractivity (Wildman–Crippen MR) is 43.6 cm³/mol. The van der Waals surface area contributed by atoms with Crippen molar-refractivity contribution in [1.29, 1.82) is 0 Å². The van der Waals surface area contributed by atoms with Crippen molar-refractivity contribution < 1.29 is 34.1 Å². The molecule has 2 N–H and O–H groups in total. The first-order valence-electron chi connectivity index (χ1n) is 3.94. The number of hydrogen-bond acceptors (Lipinski definition) is 5. The maximum atomic E-state index is 10.9. The standard InChI is InChI=1S/C8H8O7/c1-4-6(11)15-8(14-4,7(12)13)3-2-5(9)10/h1-3H2,(H,9,10)(H,12,13). The Morgan fingerprint density at radius 3 is 2.27 bits per heavy atom. The van der Waals surface area contributed by atoms with Crippen LogP contribution in [0, 0.1) is 0 Å². The summed E-state index contributed by atoms with van der Waals surface area (Å²) in [6.45, 7) is 3.13. The quantitative estimate of drug-likeness (QED) is 0.491. The summed E-state index contributed by atoms with van der Waals surface area (Å²) in [7, 11) is 0. The van der Waals surface area contributed by atoms with Crippen molar-refractivity contribution >= 4 is 17.9 Å². The number of rotatable bonds is 4. The van der Waals surface area contributed by atoms with E-state index in [1.807, 2.05) is 0 Å². The molecule has 7 nitrogen and oxygen atoms in total. The Kier molecular flexibility index (Phi) is 2.65. The minimum atomic E-state index is -2.24. The molecule has 0 bridgehead atoms. The van der Waals surface area contributed by atoms with Gasteiger partial charge in [-0.1, -0.05) is 0 Å². The summed E-state index contributed by atoms with van der Waals surface area (Å²) >= 11 is 0. The zero-order valence-electron chi connectivity index (χ0n) is 7.56. The first-order valence-corrected chi connectivity index (χ1v) is 3.94. The summed E-state index contributed by atoms with van der Waals surface area (Å²) in [6.07, 6.45) is -0.963. The Morgan fingerprint density at radius 2 is 1.93 bits per heavy atom. The van der Waals surface area contributed by atoms with Gasteiger partial charge < -0.3 is 19.7 Å². The third-order valence-electron chi connectivity index (χ3n) is 1.77. The molecular weight excluding hydrogens is 208 g/mol. The number of aliphatic carboxylic acids is 2. The maximum absolute atomic E-state index is 10.9.